The lowest BCUT2D eigenvalue weighted by Gasteiger charge is -2.08. The summed E-state index contributed by atoms with van der Waals surface area (Å²) in [4.78, 5) is 0. The van der Waals surface area contributed by atoms with Crippen molar-refractivity contribution >= 4 is 0 Å². The van der Waals surface area contributed by atoms with Crippen LogP contribution >= 0.6 is 0 Å². The Bertz CT molecular complexity index is 511. The molecule has 0 aliphatic rings. The second-order valence-electron chi connectivity index (χ2n) is 4.03. The molecular formula is C15H17NO2. The normalized spacial score (nSPS) is 10.3. The van der Waals surface area contributed by atoms with Crippen LogP contribution in [0.5, 0.6) is 11.5 Å². The predicted molar refractivity (Wildman–Crippen MR) is 73.0 cm³/mol. The molecular weight excluding hydrogens is 226 g/mol. The van der Waals surface area contributed by atoms with Crippen molar-refractivity contribution in [1.29, 1.82) is 0 Å². The molecule has 0 aliphatic heterocycles. The molecule has 94 valence electrons. The van der Waals surface area contributed by atoms with Crippen LogP contribution in [0.1, 0.15) is 0 Å². The van der Waals surface area contributed by atoms with Crippen LogP contribution in [-0.2, 0) is 0 Å². The Kier molecular flexibility index (Phi) is 4.20. The van der Waals surface area contributed by atoms with E-state index in [0.29, 0.717) is 6.61 Å². The van der Waals surface area contributed by atoms with Crippen molar-refractivity contribution in [2.75, 3.05) is 20.2 Å². The maximum Gasteiger partial charge on any atom is 0.119 e. The van der Waals surface area contributed by atoms with Gasteiger partial charge in [-0.25, -0.2) is 0 Å². The fourth-order valence-corrected chi connectivity index (χ4v) is 1.72. The van der Waals surface area contributed by atoms with E-state index >= 15 is 0 Å². The van der Waals surface area contributed by atoms with Gasteiger partial charge in [0.2, 0.25) is 0 Å². The molecule has 0 fully saturated rings. The molecule has 0 amide bonds. The van der Waals surface area contributed by atoms with E-state index in [1.807, 2.05) is 43.4 Å². The van der Waals surface area contributed by atoms with Gasteiger partial charge >= 0.3 is 0 Å². The van der Waals surface area contributed by atoms with Crippen LogP contribution in [0.4, 0.5) is 0 Å². The summed E-state index contributed by atoms with van der Waals surface area (Å²) < 4.78 is 5.61. The van der Waals surface area contributed by atoms with E-state index in [9.17, 15) is 5.11 Å². The van der Waals surface area contributed by atoms with Gasteiger partial charge in [0.15, 0.2) is 0 Å². The van der Waals surface area contributed by atoms with Crippen molar-refractivity contribution in [1.82, 2.24) is 5.32 Å². The minimum atomic E-state index is 0.272. The summed E-state index contributed by atoms with van der Waals surface area (Å²) in [6.45, 7) is 1.45. The molecule has 0 radical (unpaired) electrons. The van der Waals surface area contributed by atoms with Gasteiger partial charge in [0.05, 0.1) is 0 Å². The summed E-state index contributed by atoms with van der Waals surface area (Å²) in [5.41, 5.74) is 2.02. The second kappa shape index (κ2) is 6.07. The van der Waals surface area contributed by atoms with Gasteiger partial charge in [-0.05, 0) is 42.4 Å². The quantitative estimate of drug-likeness (QED) is 0.793. The maximum absolute atomic E-state index is 9.48. The van der Waals surface area contributed by atoms with E-state index in [-0.39, 0.29) is 5.75 Å². The molecule has 0 atom stereocenters. The van der Waals surface area contributed by atoms with Crippen LogP contribution in [0.15, 0.2) is 48.5 Å². The molecule has 18 heavy (non-hydrogen) atoms. The van der Waals surface area contributed by atoms with E-state index in [1.165, 1.54) is 0 Å². The number of phenolic OH excluding ortho intramolecular Hbond substituents is 1. The number of likely N-dealkylation sites (N-methyl/N-ethyl adjacent to an activating group) is 1. The van der Waals surface area contributed by atoms with Crippen LogP contribution < -0.4 is 10.1 Å². The highest BCUT2D eigenvalue weighted by atomic mass is 16.5. The van der Waals surface area contributed by atoms with E-state index in [4.69, 9.17) is 4.74 Å². The van der Waals surface area contributed by atoms with Crippen LogP contribution in [0.25, 0.3) is 11.1 Å². The van der Waals surface area contributed by atoms with Gasteiger partial charge in [-0.1, -0.05) is 24.3 Å². The fraction of sp³-hybridized carbons (Fsp3) is 0.200. The first kappa shape index (κ1) is 12.5. The first-order valence-corrected chi connectivity index (χ1v) is 5.96. The predicted octanol–water partition coefficient (Wildman–Crippen LogP) is 2.66. The summed E-state index contributed by atoms with van der Waals surface area (Å²) in [7, 11) is 1.90. The number of rotatable bonds is 5. The molecule has 0 saturated carbocycles. The summed E-state index contributed by atoms with van der Waals surface area (Å²) in [5.74, 6) is 1.11. The second-order valence-corrected chi connectivity index (χ2v) is 4.03. The van der Waals surface area contributed by atoms with Gasteiger partial charge in [-0.3, -0.25) is 0 Å². The minimum Gasteiger partial charge on any atom is -0.508 e. The molecule has 0 aromatic heterocycles. The third-order valence-electron chi connectivity index (χ3n) is 2.63. The molecule has 0 unspecified atom stereocenters. The van der Waals surface area contributed by atoms with Crippen LogP contribution in [0, 0.1) is 0 Å². The highest BCUT2D eigenvalue weighted by Crippen LogP contribution is 2.26. The van der Waals surface area contributed by atoms with Gasteiger partial charge in [-0.2, -0.15) is 0 Å². The monoisotopic (exact) mass is 243 g/mol. The first-order valence-electron chi connectivity index (χ1n) is 5.96. The average molecular weight is 243 g/mol. The Labute approximate surface area is 107 Å². The topological polar surface area (TPSA) is 41.5 Å². The molecule has 0 aliphatic carbocycles. The van der Waals surface area contributed by atoms with Crippen molar-refractivity contribution < 1.29 is 9.84 Å². The van der Waals surface area contributed by atoms with E-state index in [1.54, 1.807) is 12.1 Å². The van der Waals surface area contributed by atoms with Crippen molar-refractivity contribution in [2.45, 2.75) is 0 Å². The zero-order valence-corrected chi connectivity index (χ0v) is 10.4. The summed E-state index contributed by atoms with van der Waals surface area (Å²) in [5, 5.41) is 12.5. The maximum atomic E-state index is 9.48. The third-order valence-corrected chi connectivity index (χ3v) is 2.63. The lowest BCUT2D eigenvalue weighted by Crippen LogP contribution is -2.15. The molecule has 0 saturated heterocycles. The SMILES string of the molecule is CNCCOc1cccc(-c2cccc(O)c2)c1. The molecule has 2 aromatic rings. The highest BCUT2D eigenvalue weighted by molar-refractivity contribution is 5.66. The summed E-state index contributed by atoms with van der Waals surface area (Å²) >= 11 is 0. The zero-order valence-electron chi connectivity index (χ0n) is 10.4. The van der Waals surface area contributed by atoms with Crippen LogP contribution in [0.3, 0.4) is 0 Å². The Morgan fingerprint density at radius 2 is 1.78 bits per heavy atom. The van der Waals surface area contributed by atoms with E-state index in [0.717, 1.165) is 23.4 Å². The lowest BCUT2D eigenvalue weighted by molar-refractivity contribution is 0.318. The van der Waals surface area contributed by atoms with Crippen LogP contribution in [0.2, 0.25) is 0 Å². The average Bonchev–Trinajstić information content (AvgIpc) is 2.39. The number of hydrogen-bond acceptors (Lipinski definition) is 3. The standard InChI is InChI=1S/C15H17NO2/c1-16-8-9-18-15-7-3-5-13(11-15)12-4-2-6-14(17)10-12/h2-7,10-11,16-17H,8-9H2,1H3. The fourth-order valence-electron chi connectivity index (χ4n) is 1.72. The minimum absolute atomic E-state index is 0.272. The molecule has 0 spiro atoms. The molecule has 2 aromatic carbocycles. The van der Waals surface area contributed by atoms with Crippen molar-refractivity contribution in [3.05, 3.63) is 48.5 Å². The molecule has 3 heteroatoms. The molecule has 3 nitrogen and oxygen atoms in total. The van der Waals surface area contributed by atoms with Crippen molar-refractivity contribution in [3.63, 3.8) is 0 Å². The van der Waals surface area contributed by atoms with Gasteiger partial charge in [0.25, 0.3) is 0 Å². The molecule has 0 heterocycles. The van der Waals surface area contributed by atoms with Crippen LogP contribution in [-0.4, -0.2) is 25.3 Å². The smallest absolute Gasteiger partial charge is 0.119 e. The molecule has 0 bridgehead atoms. The van der Waals surface area contributed by atoms with Gasteiger partial charge < -0.3 is 15.2 Å². The zero-order chi connectivity index (χ0) is 12.8. The van der Waals surface area contributed by atoms with E-state index in [2.05, 4.69) is 5.32 Å². The largest absolute Gasteiger partial charge is 0.508 e. The number of nitrogens with one attached hydrogen (secondary N) is 1. The van der Waals surface area contributed by atoms with Gasteiger partial charge in [-0.15, -0.1) is 0 Å². The number of phenols is 1. The summed E-state index contributed by atoms with van der Waals surface area (Å²) in [6, 6.07) is 15.1. The third kappa shape index (κ3) is 3.25. The number of hydrogen-bond donors (Lipinski definition) is 2. The Morgan fingerprint density at radius 1 is 1.06 bits per heavy atom. The van der Waals surface area contributed by atoms with Gasteiger partial charge in [0, 0.05) is 6.54 Å². The lowest BCUT2D eigenvalue weighted by atomic mass is 10.1. The van der Waals surface area contributed by atoms with E-state index < -0.39 is 0 Å². The highest BCUT2D eigenvalue weighted by Gasteiger charge is 2.01. The Morgan fingerprint density at radius 3 is 2.50 bits per heavy atom. The first-order chi connectivity index (χ1) is 8.79. The molecule has 2 rings (SSSR count). The summed E-state index contributed by atoms with van der Waals surface area (Å²) in [6.07, 6.45) is 0. The Hall–Kier alpha value is -2.00. The number of aromatic hydroxyl groups is 1. The Balaban J connectivity index is 2.16. The van der Waals surface area contributed by atoms with Gasteiger partial charge in [0.1, 0.15) is 18.1 Å². The number of ether oxygens (including phenoxy) is 1. The number of benzene rings is 2. The van der Waals surface area contributed by atoms with Crippen molar-refractivity contribution in [3.8, 4) is 22.6 Å². The van der Waals surface area contributed by atoms with Crippen molar-refractivity contribution in [2.24, 2.45) is 0 Å². The molecule has 2 N–H and O–H groups in total.